The van der Waals surface area contributed by atoms with Crippen LogP contribution in [0.15, 0.2) is 170 Å². The molecule has 0 spiro atoms. The third-order valence-corrected chi connectivity index (χ3v) is 9.62. The maximum Gasteiger partial charge on any atom is 0.164 e. The van der Waals surface area contributed by atoms with Crippen LogP contribution in [-0.2, 0) is 0 Å². The molecule has 0 fully saturated rings. The van der Waals surface area contributed by atoms with Crippen LogP contribution in [0.25, 0.3) is 94.0 Å². The highest BCUT2D eigenvalue weighted by Gasteiger charge is 2.17. The summed E-state index contributed by atoms with van der Waals surface area (Å²) in [5.74, 6) is 1.93. The second kappa shape index (κ2) is 11.0. The van der Waals surface area contributed by atoms with E-state index >= 15 is 0 Å². The minimum Gasteiger partial charge on any atom is -0.309 e. The van der Waals surface area contributed by atoms with E-state index in [0.717, 1.165) is 33.4 Å². The van der Waals surface area contributed by atoms with E-state index < -0.39 is 0 Å². The van der Waals surface area contributed by atoms with Crippen molar-refractivity contribution in [2.75, 3.05) is 0 Å². The van der Waals surface area contributed by atoms with E-state index in [9.17, 15) is 0 Å². The SMILES string of the molecule is c1ccc(-c2nc(-c3ccc4c5ccccc5c5ccccc5c4c3)nc(-c3ccc4c5ccccc5n(-c5ccccc5)c4c3)n2)cc1. The highest BCUT2D eigenvalue weighted by molar-refractivity contribution is 6.25. The fourth-order valence-electron chi connectivity index (χ4n) is 7.36. The van der Waals surface area contributed by atoms with Crippen LogP contribution >= 0.6 is 0 Å². The molecule has 0 atom stereocenters. The Kier molecular flexibility index (Phi) is 6.15. The number of para-hydroxylation sites is 2. The molecule has 4 heteroatoms. The minimum absolute atomic E-state index is 0.638. The number of hydrogen-bond acceptors (Lipinski definition) is 3. The van der Waals surface area contributed by atoms with Gasteiger partial charge in [-0.05, 0) is 62.6 Å². The smallest absolute Gasteiger partial charge is 0.164 e. The fraction of sp³-hybridized carbons (Fsp3) is 0. The molecule has 2 aromatic heterocycles. The summed E-state index contributed by atoms with van der Waals surface area (Å²) in [5, 5.41) is 9.76. The number of nitrogens with zero attached hydrogens (tertiary/aromatic N) is 4. The number of fused-ring (bicyclic) bond motifs is 9. The molecule has 0 N–H and O–H groups in total. The van der Waals surface area contributed by atoms with Gasteiger partial charge in [0.25, 0.3) is 0 Å². The van der Waals surface area contributed by atoms with E-state index in [1.54, 1.807) is 0 Å². The van der Waals surface area contributed by atoms with Crippen molar-refractivity contribution in [3.8, 4) is 39.9 Å². The topological polar surface area (TPSA) is 43.6 Å². The first-order chi connectivity index (χ1) is 24.3. The second-order valence-electron chi connectivity index (χ2n) is 12.4. The van der Waals surface area contributed by atoms with Gasteiger partial charge in [-0.15, -0.1) is 0 Å². The molecule has 10 rings (SSSR count). The van der Waals surface area contributed by atoms with Crippen LogP contribution in [0, 0.1) is 0 Å². The van der Waals surface area contributed by atoms with Crippen molar-refractivity contribution in [2.24, 2.45) is 0 Å². The molecule has 0 aliphatic heterocycles. The van der Waals surface area contributed by atoms with Gasteiger partial charge in [0, 0.05) is 33.2 Å². The Hall–Kier alpha value is -6.65. The Morgan fingerprint density at radius 3 is 1.35 bits per heavy atom. The van der Waals surface area contributed by atoms with Gasteiger partial charge in [-0.2, -0.15) is 0 Å². The van der Waals surface area contributed by atoms with E-state index in [-0.39, 0.29) is 0 Å². The lowest BCUT2D eigenvalue weighted by atomic mass is 9.93. The maximum absolute atomic E-state index is 5.18. The van der Waals surface area contributed by atoms with Crippen LogP contribution in [0.1, 0.15) is 0 Å². The average molecular weight is 625 g/mol. The Morgan fingerprint density at radius 2 is 0.714 bits per heavy atom. The highest BCUT2D eigenvalue weighted by Crippen LogP contribution is 2.38. The molecule has 0 aliphatic rings. The summed E-state index contributed by atoms with van der Waals surface area (Å²) in [6.07, 6.45) is 0. The van der Waals surface area contributed by atoms with Crippen molar-refractivity contribution in [3.63, 3.8) is 0 Å². The van der Waals surface area contributed by atoms with Crippen molar-refractivity contribution < 1.29 is 0 Å². The van der Waals surface area contributed by atoms with Crippen molar-refractivity contribution in [1.29, 1.82) is 0 Å². The van der Waals surface area contributed by atoms with E-state index in [1.165, 1.54) is 43.1 Å². The Labute approximate surface area is 282 Å². The predicted molar refractivity (Wildman–Crippen MR) is 203 cm³/mol. The van der Waals surface area contributed by atoms with Crippen molar-refractivity contribution in [2.45, 2.75) is 0 Å². The van der Waals surface area contributed by atoms with Gasteiger partial charge >= 0.3 is 0 Å². The zero-order valence-electron chi connectivity index (χ0n) is 26.5. The molecule has 0 aliphatic carbocycles. The maximum atomic E-state index is 5.18. The molecule has 0 unspecified atom stereocenters. The van der Waals surface area contributed by atoms with E-state index in [4.69, 9.17) is 15.0 Å². The number of rotatable bonds is 4. The monoisotopic (exact) mass is 624 g/mol. The lowest BCUT2D eigenvalue weighted by molar-refractivity contribution is 1.07. The zero-order chi connectivity index (χ0) is 32.3. The van der Waals surface area contributed by atoms with Crippen LogP contribution in [-0.4, -0.2) is 19.5 Å². The third-order valence-electron chi connectivity index (χ3n) is 9.62. The summed E-state index contributed by atoms with van der Waals surface area (Å²) in [4.78, 5) is 15.3. The first-order valence-electron chi connectivity index (χ1n) is 16.5. The summed E-state index contributed by atoms with van der Waals surface area (Å²) < 4.78 is 2.33. The standard InChI is InChI=1S/C45H28N4/c1-3-13-29(14-4-1)43-46-44(30-23-25-37-35-19-8-7-17-33(35)34-18-9-10-20-36(34)40(37)27-30)48-45(47-43)31-24-26-39-38-21-11-12-22-41(38)49(42(39)28-31)32-15-5-2-6-16-32/h1-28H. The second-order valence-corrected chi connectivity index (χ2v) is 12.4. The summed E-state index contributed by atoms with van der Waals surface area (Å²) in [5.41, 5.74) is 6.22. The third kappa shape index (κ3) is 4.42. The van der Waals surface area contributed by atoms with Crippen LogP contribution in [0.4, 0.5) is 0 Å². The predicted octanol–water partition coefficient (Wildman–Crippen LogP) is 11.4. The molecule has 4 nitrogen and oxygen atoms in total. The van der Waals surface area contributed by atoms with E-state index in [1.807, 2.05) is 18.2 Å². The van der Waals surface area contributed by atoms with Gasteiger partial charge in [-0.25, -0.2) is 15.0 Å². The summed E-state index contributed by atoms with van der Waals surface area (Å²) >= 11 is 0. The first-order valence-corrected chi connectivity index (χ1v) is 16.5. The van der Waals surface area contributed by atoms with Gasteiger partial charge < -0.3 is 4.57 Å². The van der Waals surface area contributed by atoms with Crippen LogP contribution in [0.3, 0.4) is 0 Å². The average Bonchev–Trinajstić information content (AvgIpc) is 3.52. The van der Waals surface area contributed by atoms with E-state index in [2.05, 4.69) is 156 Å². The van der Waals surface area contributed by atoms with Crippen molar-refractivity contribution in [1.82, 2.24) is 19.5 Å². The molecule has 0 bridgehead atoms. The molecule has 10 aromatic rings. The minimum atomic E-state index is 0.638. The summed E-state index contributed by atoms with van der Waals surface area (Å²) in [7, 11) is 0. The van der Waals surface area contributed by atoms with Crippen molar-refractivity contribution in [3.05, 3.63) is 170 Å². The van der Waals surface area contributed by atoms with Gasteiger partial charge in [-0.3, -0.25) is 0 Å². The summed E-state index contributed by atoms with van der Waals surface area (Å²) in [6.45, 7) is 0. The molecule has 2 heterocycles. The fourth-order valence-corrected chi connectivity index (χ4v) is 7.36. The molecular weight excluding hydrogens is 597 g/mol. The van der Waals surface area contributed by atoms with Crippen LogP contribution in [0.2, 0.25) is 0 Å². The molecule has 228 valence electrons. The molecule has 0 saturated heterocycles. The number of benzene rings is 8. The number of aromatic nitrogens is 4. The van der Waals surface area contributed by atoms with Crippen LogP contribution < -0.4 is 0 Å². The quantitative estimate of drug-likeness (QED) is 0.183. The molecule has 0 saturated carbocycles. The lowest BCUT2D eigenvalue weighted by Crippen LogP contribution is -2.00. The van der Waals surface area contributed by atoms with Crippen LogP contribution in [0.5, 0.6) is 0 Å². The Balaban J connectivity index is 1.22. The molecule has 49 heavy (non-hydrogen) atoms. The lowest BCUT2D eigenvalue weighted by Gasteiger charge is -2.13. The van der Waals surface area contributed by atoms with Gasteiger partial charge in [0.2, 0.25) is 0 Å². The van der Waals surface area contributed by atoms with Gasteiger partial charge in [-0.1, -0.05) is 140 Å². The molecule has 0 radical (unpaired) electrons. The highest BCUT2D eigenvalue weighted by atomic mass is 15.0. The summed E-state index contributed by atoms with van der Waals surface area (Å²) in [6, 6.07) is 59.7. The zero-order valence-corrected chi connectivity index (χ0v) is 26.5. The molecule has 0 amide bonds. The molecule has 8 aromatic carbocycles. The Morgan fingerprint density at radius 1 is 0.286 bits per heavy atom. The Bertz CT molecular complexity index is 2840. The first kappa shape index (κ1) is 27.5. The van der Waals surface area contributed by atoms with E-state index in [0.29, 0.717) is 17.5 Å². The van der Waals surface area contributed by atoms with Gasteiger partial charge in [0.05, 0.1) is 11.0 Å². The van der Waals surface area contributed by atoms with Gasteiger partial charge in [0.1, 0.15) is 0 Å². The van der Waals surface area contributed by atoms with Gasteiger partial charge in [0.15, 0.2) is 17.5 Å². The molecular formula is C45H28N4. The largest absolute Gasteiger partial charge is 0.309 e. The number of hydrogen-bond donors (Lipinski definition) is 0. The normalized spacial score (nSPS) is 11.7. The van der Waals surface area contributed by atoms with Crippen molar-refractivity contribution >= 4 is 54.1 Å².